The molecule has 2 aromatic rings. The first-order valence-electron chi connectivity index (χ1n) is 11.1. The monoisotopic (exact) mass is 445 g/mol. The first kappa shape index (κ1) is 23.8. The van der Waals surface area contributed by atoms with Gasteiger partial charge in [0.2, 0.25) is 0 Å². The summed E-state index contributed by atoms with van der Waals surface area (Å²) in [6, 6.07) is 13.9. The number of hydrogen-bond acceptors (Lipinski definition) is 5. The summed E-state index contributed by atoms with van der Waals surface area (Å²) in [7, 11) is -3.25. The van der Waals surface area contributed by atoms with Gasteiger partial charge in [-0.05, 0) is 53.1 Å². The molecule has 31 heavy (non-hydrogen) atoms. The van der Waals surface area contributed by atoms with Gasteiger partial charge >= 0.3 is 0 Å². The van der Waals surface area contributed by atoms with E-state index < -0.39 is 9.84 Å². The summed E-state index contributed by atoms with van der Waals surface area (Å²) in [5.74, 6) is 1.38. The summed E-state index contributed by atoms with van der Waals surface area (Å²) in [5.41, 5.74) is 3.25. The predicted molar refractivity (Wildman–Crippen MR) is 125 cm³/mol. The van der Waals surface area contributed by atoms with Crippen LogP contribution in [0.1, 0.15) is 49.3 Å². The van der Waals surface area contributed by atoms with Crippen molar-refractivity contribution in [1.82, 2.24) is 4.90 Å². The average Bonchev–Trinajstić information content (AvgIpc) is 2.74. The van der Waals surface area contributed by atoms with Gasteiger partial charge < -0.3 is 9.47 Å². The fourth-order valence-electron chi connectivity index (χ4n) is 3.94. The Balaban J connectivity index is 1.73. The van der Waals surface area contributed by atoms with Crippen LogP contribution in [0, 0.1) is 0 Å². The van der Waals surface area contributed by atoms with Crippen LogP contribution >= 0.6 is 0 Å². The molecule has 0 spiro atoms. The molecular weight excluding hydrogens is 410 g/mol. The van der Waals surface area contributed by atoms with Gasteiger partial charge in [0.25, 0.3) is 0 Å². The van der Waals surface area contributed by atoms with Crippen molar-refractivity contribution < 1.29 is 17.9 Å². The normalized spacial score (nSPS) is 16.4. The molecule has 1 aliphatic rings. The molecule has 2 aromatic carbocycles. The molecule has 0 radical (unpaired) electrons. The molecule has 1 heterocycles. The molecule has 1 fully saturated rings. The van der Waals surface area contributed by atoms with E-state index in [2.05, 4.69) is 37.8 Å². The predicted octanol–water partition coefficient (Wildman–Crippen LogP) is 4.27. The van der Waals surface area contributed by atoms with Gasteiger partial charge in [-0.1, -0.05) is 45.0 Å². The second kappa shape index (κ2) is 10.6. The SMILES string of the molecule is CC(C)c1cc(CC(C)c2ccccc2OCCN2CCOCC2)cc(S(C)(=O)=O)c1. The highest BCUT2D eigenvalue weighted by molar-refractivity contribution is 7.90. The molecule has 0 bridgehead atoms. The van der Waals surface area contributed by atoms with Crippen LogP contribution in [0.15, 0.2) is 47.4 Å². The highest BCUT2D eigenvalue weighted by Gasteiger charge is 2.17. The first-order chi connectivity index (χ1) is 14.7. The number of morpholine rings is 1. The summed E-state index contributed by atoms with van der Waals surface area (Å²) < 4.78 is 35.9. The van der Waals surface area contributed by atoms with E-state index >= 15 is 0 Å². The van der Waals surface area contributed by atoms with Crippen LogP contribution < -0.4 is 4.74 Å². The lowest BCUT2D eigenvalue weighted by Crippen LogP contribution is -2.38. The van der Waals surface area contributed by atoms with Crippen molar-refractivity contribution >= 4 is 9.84 Å². The second-order valence-electron chi connectivity index (χ2n) is 8.78. The van der Waals surface area contributed by atoms with Crippen molar-refractivity contribution in [2.24, 2.45) is 0 Å². The first-order valence-corrected chi connectivity index (χ1v) is 13.0. The third-order valence-corrected chi connectivity index (χ3v) is 6.94. The Labute approximate surface area is 187 Å². The molecule has 1 saturated heterocycles. The maximum atomic E-state index is 12.2. The molecule has 1 aliphatic heterocycles. The third kappa shape index (κ3) is 6.79. The number of benzene rings is 2. The molecule has 0 N–H and O–H groups in total. The van der Waals surface area contributed by atoms with Gasteiger partial charge in [0.05, 0.1) is 18.1 Å². The molecule has 5 nitrogen and oxygen atoms in total. The smallest absolute Gasteiger partial charge is 0.175 e. The molecule has 0 amide bonds. The minimum Gasteiger partial charge on any atom is -0.492 e. The Kier molecular flexibility index (Phi) is 8.14. The standard InChI is InChI=1S/C25H35NO4S/c1-19(2)22-16-21(17-23(18-22)31(4,27)28)15-20(3)24-7-5-6-8-25(24)30-14-11-26-9-12-29-13-10-26/h5-8,16-20H,9-15H2,1-4H3. The third-order valence-electron chi connectivity index (χ3n) is 5.84. The van der Waals surface area contributed by atoms with Gasteiger partial charge in [0.15, 0.2) is 9.84 Å². The quantitative estimate of drug-likeness (QED) is 0.577. The molecule has 1 unspecified atom stereocenters. The van der Waals surface area contributed by atoms with Crippen LogP contribution in [-0.2, 0) is 21.0 Å². The van der Waals surface area contributed by atoms with Crippen molar-refractivity contribution in [3.05, 3.63) is 59.2 Å². The van der Waals surface area contributed by atoms with Crippen LogP contribution in [-0.4, -0.2) is 59.0 Å². The summed E-state index contributed by atoms with van der Waals surface area (Å²) in [6.07, 6.45) is 2.03. The van der Waals surface area contributed by atoms with E-state index in [1.807, 2.05) is 24.3 Å². The van der Waals surface area contributed by atoms with Crippen LogP contribution in [0.4, 0.5) is 0 Å². The number of sulfone groups is 1. The second-order valence-corrected chi connectivity index (χ2v) is 10.8. The largest absolute Gasteiger partial charge is 0.492 e. The van der Waals surface area contributed by atoms with Gasteiger partial charge in [-0.25, -0.2) is 8.42 Å². The molecule has 6 heteroatoms. The van der Waals surface area contributed by atoms with Gasteiger partial charge in [-0.3, -0.25) is 4.90 Å². The Hall–Kier alpha value is -1.89. The minimum absolute atomic E-state index is 0.203. The number of para-hydroxylation sites is 1. The Morgan fingerprint density at radius 3 is 2.45 bits per heavy atom. The fourth-order valence-corrected chi connectivity index (χ4v) is 4.66. The van der Waals surface area contributed by atoms with Crippen molar-refractivity contribution in [3.63, 3.8) is 0 Å². The molecule has 1 atom stereocenters. The molecule has 3 rings (SSSR count). The fraction of sp³-hybridized carbons (Fsp3) is 0.520. The van der Waals surface area contributed by atoms with Crippen molar-refractivity contribution in [1.29, 1.82) is 0 Å². The number of hydrogen-bond donors (Lipinski definition) is 0. The van der Waals surface area contributed by atoms with E-state index in [0.717, 1.165) is 61.7 Å². The average molecular weight is 446 g/mol. The molecule has 170 valence electrons. The molecular formula is C25H35NO4S. The summed E-state index contributed by atoms with van der Waals surface area (Å²) in [5, 5.41) is 0. The summed E-state index contributed by atoms with van der Waals surface area (Å²) in [4.78, 5) is 2.76. The zero-order valence-electron chi connectivity index (χ0n) is 19.1. The zero-order chi connectivity index (χ0) is 22.4. The van der Waals surface area contributed by atoms with Crippen LogP contribution in [0.2, 0.25) is 0 Å². The van der Waals surface area contributed by atoms with Crippen LogP contribution in [0.5, 0.6) is 5.75 Å². The van der Waals surface area contributed by atoms with E-state index in [9.17, 15) is 8.42 Å². The molecule has 0 saturated carbocycles. The highest BCUT2D eigenvalue weighted by atomic mass is 32.2. The minimum atomic E-state index is -3.25. The van der Waals surface area contributed by atoms with E-state index in [1.165, 1.54) is 6.26 Å². The topological polar surface area (TPSA) is 55.8 Å². The van der Waals surface area contributed by atoms with Crippen molar-refractivity contribution in [2.45, 2.75) is 43.9 Å². The van der Waals surface area contributed by atoms with Crippen molar-refractivity contribution in [2.75, 3.05) is 45.7 Å². The highest BCUT2D eigenvalue weighted by Crippen LogP contribution is 2.31. The zero-order valence-corrected chi connectivity index (χ0v) is 20.0. The lowest BCUT2D eigenvalue weighted by atomic mass is 9.91. The number of rotatable bonds is 9. The Morgan fingerprint density at radius 2 is 1.77 bits per heavy atom. The van der Waals surface area contributed by atoms with Crippen LogP contribution in [0.25, 0.3) is 0 Å². The van der Waals surface area contributed by atoms with Gasteiger partial charge in [0.1, 0.15) is 12.4 Å². The molecule has 0 aromatic heterocycles. The maximum Gasteiger partial charge on any atom is 0.175 e. The van der Waals surface area contributed by atoms with Gasteiger partial charge in [0, 0.05) is 25.9 Å². The Morgan fingerprint density at radius 1 is 1.06 bits per heavy atom. The lowest BCUT2D eigenvalue weighted by Gasteiger charge is -2.26. The molecule has 0 aliphatic carbocycles. The van der Waals surface area contributed by atoms with Crippen LogP contribution in [0.3, 0.4) is 0 Å². The number of nitrogens with zero attached hydrogens (tertiary/aromatic N) is 1. The van der Waals surface area contributed by atoms with E-state index in [0.29, 0.717) is 11.5 Å². The van der Waals surface area contributed by atoms with E-state index in [-0.39, 0.29) is 11.8 Å². The van der Waals surface area contributed by atoms with E-state index in [4.69, 9.17) is 9.47 Å². The Bertz CT molecular complexity index is 965. The van der Waals surface area contributed by atoms with Crippen molar-refractivity contribution in [3.8, 4) is 5.75 Å². The maximum absolute atomic E-state index is 12.2. The summed E-state index contributed by atoms with van der Waals surface area (Å²) >= 11 is 0. The van der Waals surface area contributed by atoms with E-state index in [1.54, 1.807) is 6.07 Å². The van der Waals surface area contributed by atoms with Gasteiger partial charge in [-0.15, -0.1) is 0 Å². The lowest BCUT2D eigenvalue weighted by molar-refractivity contribution is 0.0322. The van der Waals surface area contributed by atoms with Gasteiger partial charge in [-0.2, -0.15) is 0 Å². The number of ether oxygens (including phenoxy) is 2. The summed E-state index contributed by atoms with van der Waals surface area (Å²) in [6.45, 7) is 11.4.